The molecule has 1 fully saturated rings. The Labute approximate surface area is 227 Å². The van der Waals surface area contributed by atoms with Gasteiger partial charge in [-0.15, -0.1) is 0 Å². The Bertz CT molecular complexity index is 1290. The molecular formula is C28H38N4O7. The first-order valence-electron chi connectivity index (χ1n) is 12.9. The van der Waals surface area contributed by atoms with Crippen LogP contribution in [0.3, 0.4) is 0 Å². The van der Waals surface area contributed by atoms with Crippen molar-refractivity contribution in [1.29, 1.82) is 0 Å². The van der Waals surface area contributed by atoms with Crippen LogP contribution >= 0.6 is 0 Å². The smallest absolute Gasteiger partial charge is 0.230 e. The lowest BCUT2D eigenvalue weighted by molar-refractivity contribution is -0.178. The Morgan fingerprint density at radius 3 is 2.41 bits per heavy atom. The maximum Gasteiger partial charge on any atom is 0.230 e. The first-order valence-corrected chi connectivity index (χ1v) is 12.9. The van der Waals surface area contributed by atoms with Gasteiger partial charge in [0.1, 0.15) is 17.4 Å². The van der Waals surface area contributed by atoms with E-state index in [1.165, 1.54) is 0 Å². The topological polar surface area (TPSA) is 177 Å². The number of amides is 1. The lowest BCUT2D eigenvalue weighted by Crippen LogP contribution is -2.71. The van der Waals surface area contributed by atoms with Crippen LogP contribution in [-0.2, 0) is 22.6 Å². The molecule has 11 nitrogen and oxygen atoms in total. The van der Waals surface area contributed by atoms with Gasteiger partial charge in [-0.25, -0.2) is 0 Å². The van der Waals surface area contributed by atoms with Crippen molar-refractivity contribution in [3.8, 4) is 5.75 Å². The molecule has 0 saturated heterocycles. The fourth-order valence-electron chi connectivity index (χ4n) is 6.65. The molecule has 0 aliphatic heterocycles. The number of aliphatic hydroxyl groups is 3. The highest BCUT2D eigenvalue weighted by Gasteiger charge is 2.66. The number of rotatable bonds is 7. The van der Waals surface area contributed by atoms with Crippen molar-refractivity contribution in [2.24, 2.45) is 23.5 Å². The van der Waals surface area contributed by atoms with E-state index in [1.807, 2.05) is 32.0 Å². The highest BCUT2D eigenvalue weighted by molar-refractivity contribution is 6.16. The molecule has 0 radical (unpaired) electrons. The number of aromatic hydroxyl groups is 1. The number of primary amides is 1. The average Bonchev–Trinajstić information content (AvgIpc) is 2.81. The Balaban J connectivity index is 1.90. The molecule has 4 rings (SSSR count). The van der Waals surface area contributed by atoms with E-state index >= 15 is 0 Å². The molecule has 1 aromatic carbocycles. The van der Waals surface area contributed by atoms with Gasteiger partial charge in [-0.1, -0.05) is 12.2 Å². The normalized spacial score (nSPS) is 30.1. The summed E-state index contributed by atoms with van der Waals surface area (Å²) in [5, 5.41) is 48.6. The maximum absolute atomic E-state index is 14.0. The van der Waals surface area contributed by atoms with E-state index in [1.54, 1.807) is 19.0 Å². The second-order valence-electron chi connectivity index (χ2n) is 11.5. The molecule has 1 aromatic rings. The van der Waals surface area contributed by atoms with Crippen molar-refractivity contribution in [3.63, 3.8) is 0 Å². The van der Waals surface area contributed by atoms with E-state index in [4.69, 9.17) is 5.73 Å². The van der Waals surface area contributed by atoms with Gasteiger partial charge in [0.05, 0.1) is 11.7 Å². The minimum Gasteiger partial charge on any atom is -0.508 e. The molecule has 11 heteroatoms. The number of nitrogens with two attached hydrogens (primary N) is 1. The van der Waals surface area contributed by atoms with Crippen molar-refractivity contribution < 1.29 is 34.8 Å². The second kappa shape index (κ2) is 10.1. The van der Waals surface area contributed by atoms with Gasteiger partial charge < -0.3 is 41.3 Å². The zero-order chi connectivity index (χ0) is 29.1. The number of likely N-dealkylation sites (N-methyl/N-ethyl adjacent to an activating group) is 1. The van der Waals surface area contributed by atoms with Crippen molar-refractivity contribution >= 4 is 23.2 Å². The number of benzene rings is 1. The molecule has 39 heavy (non-hydrogen) atoms. The number of aliphatic hydroxyl groups excluding tert-OH is 2. The van der Waals surface area contributed by atoms with Crippen LogP contribution < -0.4 is 16.0 Å². The predicted molar refractivity (Wildman–Crippen MR) is 144 cm³/mol. The van der Waals surface area contributed by atoms with Crippen LogP contribution in [0.1, 0.15) is 34.8 Å². The monoisotopic (exact) mass is 542 g/mol. The number of allylic oxidation sites excluding steroid dienone is 1. The zero-order valence-corrected chi connectivity index (χ0v) is 23.0. The number of hydrogen-bond acceptors (Lipinski definition) is 10. The molecule has 0 bridgehead atoms. The van der Waals surface area contributed by atoms with Gasteiger partial charge >= 0.3 is 0 Å². The highest BCUT2D eigenvalue weighted by atomic mass is 16.3. The molecule has 7 N–H and O–H groups in total. The third-order valence-electron chi connectivity index (χ3n) is 8.37. The molecule has 212 valence electrons. The van der Waals surface area contributed by atoms with E-state index in [9.17, 15) is 34.8 Å². The quantitative estimate of drug-likeness (QED) is 0.203. The Hall–Kier alpha value is -3.25. The number of fused-ring (bicyclic) bond motifs is 3. The van der Waals surface area contributed by atoms with Gasteiger partial charge in [-0.3, -0.25) is 14.4 Å². The second-order valence-corrected chi connectivity index (χ2v) is 11.5. The van der Waals surface area contributed by atoms with Crippen LogP contribution in [0.5, 0.6) is 5.75 Å². The van der Waals surface area contributed by atoms with Crippen molar-refractivity contribution in [2.45, 2.75) is 44.1 Å². The van der Waals surface area contributed by atoms with Crippen molar-refractivity contribution in [1.82, 2.24) is 10.2 Å². The molecular weight excluding hydrogens is 504 g/mol. The van der Waals surface area contributed by atoms with Crippen LogP contribution in [0.2, 0.25) is 0 Å². The fraction of sp³-hybridized carbons (Fsp3) is 0.536. The van der Waals surface area contributed by atoms with Crippen LogP contribution in [0.15, 0.2) is 29.6 Å². The minimum atomic E-state index is -2.60. The average molecular weight is 543 g/mol. The first kappa shape index (κ1) is 28.8. The number of hydrogen-bond donors (Lipinski definition) is 6. The molecule has 3 aliphatic rings. The summed E-state index contributed by atoms with van der Waals surface area (Å²) >= 11 is 0. The summed E-state index contributed by atoms with van der Waals surface area (Å²) < 4.78 is 0. The zero-order valence-electron chi connectivity index (χ0n) is 23.0. The van der Waals surface area contributed by atoms with Gasteiger partial charge in [-0.2, -0.15) is 0 Å². The molecule has 0 spiro atoms. The summed E-state index contributed by atoms with van der Waals surface area (Å²) in [6.45, 7) is 6.47. The maximum atomic E-state index is 14.0. The van der Waals surface area contributed by atoms with E-state index in [-0.39, 0.29) is 36.3 Å². The van der Waals surface area contributed by atoms with Crippen molar-refractivity contribution in [2.75, 3.05) is 39.6 Å². The summed E-state index contributed by atoms with van der Waals surface area (Å²) in [4.78, 5) is 43.1. The number of Topliss-reactive ketones (excluding diaryl/α,β-unsaturated/α-hetero) is 2. The number of carbonyl (C=O) groups is 3. The molecule has 0 heterocycles. The largest absolute Gasteiger partial charge is 0.508 e. The number of nitrogens with zero attached hydrogens (tertiary/aromatic N) is 2. The molecule has 6 atom stereocenters. The molecule has 0 aromatic heterocycles. The van der Waals surface area contributed by atoms with E-state index in [0.29, 0.717) is 17.7 Å². The van der Waals surface area contributed by atoms with E-state index in [0.717, 1.165) is 11.3 Å². The SMILES string of the molecule is C=C(C)CNCc1cc(N(C)C)c2c(c1O)C(=O)C1=C(O)[C@]3(O)C(=O)C(C(N)=O)C(O)[C@H](N(C)C)[C@@H]3C[C@@H]1C2. The standard InChI is InChI=1S/C28H38N4O7/c1-12(2)10-30-11-14-9-17(31(3)4)15-7-13-8-16-21(32(5)6)24(35)20(27(29)38)26(37)28(16,39)25(36)18(13)23(34)19(15)22(14)33/h9,13,16,20-21,24,30,33,35-36,39H,1,7-8,10-11H2,2-6H3,(H2,29,38)/t13-,16-,20?,21+,24?,28-/m0/s1. The van der Waals surface area contributed by atoms with Gasteiger partial charge in [0.15, 0.2) is 17.2 Å². The Kier molecular flexibility index (Phi) is 7.41. The highest BCUT2D eigenvalue weighted by Crippen LogP contribution is 2.53. The number of phenols is 1. The summed E-state index contributed by atoms with van der Waals surface area (Å²) in [5.41, 5.74) is 5.35. The number of nitrogens with one attached hydrogen (secondary N) is 1. The molecule has 1 amide bonds. The fourth-order valence-corrected chi connectivity index (χ4v) is 6.65. The van der Waals surface area contributed by atoms with Gasteiger partial charge in [0.25, 0.3) is 0 Å². The lowest BCUT2D eigenvalue weighted by atomic mass is 9.56. The summed E-state index contributed by atoms with van der Waals surface area (Å²) in [5.74, 6) is -7.44. The summed E-state index contributed by atoms with van der Waals surface area (Å²) in [7, 11) is 6.91. The van der Waals surface area contributed by atoms with E-state index < -0.39 is 58.7 Å². The van der Waals surface area contributed by atoms with E-state index in [2.05, 4.69) is 11.9 Å². The third kappa shape index (κ3) is 4.33. The van der Waals surface area contributed by atoms with Gasteiger partial charge in [0.2, 0.25) is 5.91 Å². The Morgan fingerprint density at radius 1 is 1.23 bits per heavy atom. The number of carbonyl (C=O) groups excluding carboxylic acids is 3. The van der Waals surface area contributed by atoms with Crippen LogP contribution in [0, 0.1) is 17.8 Å². The minimum absolute atomic E-state index is 0.00655. The predicted octanol–water partition coefficient (Wildman–Crippen LogP) is 0.0173. The van der Waals surface area contributed by atoms with Crippen LogP contribution in [0.4, 0.5) is 5.69 Å². The van der Waals surface area contributed by atoms with Gasteiger partial charge in [-0.05, 0) is 51.4 Å². The molecule has 2 unspecified atom stereocenters. The van der Waals surface area contributed by atoms with Crippen molar-refractivity contribution in [3.05, 3.63) is 46.2 Å². The van der Waals surface area contributed by atoms with Crippen LogP contribution in [0.25, 0.3) is 0 Å². The summed E-state index contributed by atoms with van der Waals surface area (Å²) in [6.07, 6.45) is -1.18. The molecule has 3 aliphatic carbocycles. The summed E-state index contributed by atoms with van der Waals surface area (Å²) in [6, 6.07) is 0.906. The number of anilines is 1. The molecule has 1 saturated carbocycles. The first-order chi connectivity index (χ1) is 18.1. The van der Waals surface area contributed by atoms with Gasteiger partial charge in [0, 0.05) is 56.0 Å². The van der Waals surface area contributed by atoms with Crippen LogP contribution in [-0.4, -0.2) is 95.3 Å². The lowest BCUT2D eigenvalue weighted by Gasteiger charge is -2.53. The Morgan fingerprint density at radius 2 is 1.87 bits per heavy atom. The number of ketones is 2. The third-order valence-corrected chi connectivity index (χ3v) is 8.37. The number of phenolic OH excluding ortho intramolecular Hbond substituents is 1.